The van der Waals surface area contributed by atoms with Gasteiger partial charge in [-0.2, -0.15) is 0 Å². The lowest BCUT2D eigenvalue weighted by atomic mass is 10.3. The predicted molar refractivity (Wildman–Crippen MR) is 47.9 cm³/mol. The molecule has 0 saturated heterocycles. The number of rotatable bonds is 3. The summed E-state index contributed by atoms with van der Waals surface area (Å²) in [5.41, 5.74) is 6.70. The molecule has 0 aromatic carbocycles. The Bertz CT molecular complexity index is 192. The maximum atomic E-state index is 5.49. The van der Waals surface area contributed by atoms with E-state index in [1.54, 1.807) is 18.4 Å². The zero-order chi connectivity index (χ0) is 7.98. The van der Waals surface area contributed by atoms with Crippen LogP contribution in [0.3, 0.4) is 0 Å². The van der Waals surface area contributed by atoms with Gasteiger partial charge in [0.2, 0.25) is 0 Å². The van der Waals surface area contributed by atoms with Gasteiger partial charge in [0, 0.05) is 7.64 Å². The van der Waals surface area contributed by atoms with E-state index in [-0.39, 0.29) is 1.43 Å². The van der Waals surface area contributed by atoms with E-state index < -0.39 is 0 Å². The lowest BCUT2D eigenvalue weighted by Gasteiger charge is -1.95. The summed E-state index contributed by atoms with van der Waals surface area (Å²) in [6.45, 7) is 8.88. The van der Waals surface area contributed by atoms with Gasteiger partial charge in [0.15, 0.2) is 0 Å². The Kier molecular flexibility index (Phi) is 3.96. The summed E-state index contributed by atoms with van der Waals surface area (Å²) in [5.74, 6) is 0. The summed E-state index contributed by atoms with van der Waals surface area (Å²) in [7, 11) is 0. The zero-order valence-electron chi connectivity index (χ0n) is 6.17. The molecule has 0 aliphatic carbocycles. The highest BCUT2D eigenvalue weighted by Gasteiger charge is 1.89. The smallest absolute Gasteiger partial charge is 0.0848 e. The van der Waals surface area contributed by atoms with Gasteiger partial charge in [-0.05, 0) is 19.1 Å². The Morgan fingerprint density at radius 3 is 2.40 bits per heavy atom. The standard InChI is InChI=1S/C8H12N2.H2/c1-4-7(9)8(5-2)10-6-3;/h4-6H,1-2,9H2,3H3;1H/b8-7-,10-6?;. The fourth-order valence-electron chi connectivity index (χ4n) is 0.489. The third-order valence-corrected chi connectivity index (χ3v) is 0.977. The van der Waals surface area contributed by atoms with E-state index >= 15 is 0 Å². The molecule has 0 aromatic heterocycles. The molecule has 0 fully saturated rings. The van der Waals surface area contributed by atoms with E-state index in [9.17, 15) is 0 Å². The van der Waals surface area contributed by atoms with Crippen LogP contribution in [-0.4, -0.2) is 6.21 Å². The second-order valence-electron chi connectivity index (χ2n) is 1.64. The quantitative estimate of drug-likeness (QED) is 0.469. The summed E-state index contributed by atoms with van der Waals surface area (Å²) < 4.78 is 0. The van der Waals surface area contributed by atoms with Crippen LogP contribution >= 0.6 is 0 Å². The van der Waals surface area contributed by atoms with Gasteiger partial charge >= 0.3 is 0 Å². The number of aliphatic imine (C=N–C) groups is 1. The Hall–Kier alpha value is -1.31. The number of allylic oxidation sites excluding steroid dienone is 2. The van der Waals surface area contributed by atoms with Crippen molar-refractivity contribution in [3.63, 3.8) is 0 Å². The fraction of sp³-hybridized carbons (Fsp3) is 0.125. The molecule has 0 amide bonds. The van der Waals surface area contributed by atoms with Crippen molar-refractivity contribution < 1.29 is 1.43 Å². The van der Waals surface area contributed by atoms with Gasteiger partial charge < -0.3 is 5.73 Å². The predicted octanol–water partition coefficient (Wildman–Crippen LogP) is 1.87. The van der Waals surface area contributed by atoms with E-state index in [2.05, 4.69) is 18.2 Å². The van der Waals surface area contributed by atoms with Crippen LogP contribution in [0.5, 0.6) is 0 Å². The van der Waals surface area contributed by atoms with E-state index in [1.807, 2.05) is 6.92 Å². The second kappa shape index (κ2) is 4.56. The Labute approximate surface area is 62.9 Å². The Morgan fingerprint density at radius 1 is 1.50 bits per heavy atom. The lowest BCUT2D eigenvalue weighted by Crippen LogP contribution is -1.95. The average molecular weight is 138 g/mol. The zero-order valence-corrected chi connectivity index (χ0v) is 6.17. The van der Waals surface area contributed by atoms with Gasteiger partial charge in [0.25, 0.3) is 0 Å². The molecule has 0 aliphatic heterocycles. The third kappa shape index (κ3) is 2.31. The van der Waals surface area contributed by atoms with Crippen LogP contribution in [0.15, 0.2) is 41.7 Å². The Morgan fingerprint density at radius 2 is 2.10 bits per heavy atom. The molecule has 0 aliphatic rings. The molecule has 2 N–H and O–H groups in total. The van der Waals surface area contributed by atoms with E-state index in [4.69, 9.17) is 5.73 Å². The molecule has 0 heterocycles. The number of hydrogen-bond acceptors (Lipinski definition) is 2. The third-order valence-electron chi connectivity index (χ3n) is 0.977. The number of hydrogen-bond donors (Lipinski definition) is 1. The first-order valence-electron chi connectivity index (χ1n) is 2.99. The summed E-state index contributed by atoms with van der Waals surface area (Å²) in [5, 5.41) is 0. The molecule has 0 saturated carbocycles. The van der Waals surface area contributed by atoms with Crippen molar-refractivity contribution in [2.24, 2.45) is 10.7 Å². The first-order valence-corrected chi connectivity index (χ1v) is 2.99. The molecule has 0 spiro atoms. The molecule has 10 heavy (non-hydrogen) atoms. The van der Waals surface area contributed by atoms with Crippen molar-refractivity contribution in [2.75, 3.05) is 0 Å². The molecule has 2 heteroatoms. The van der Waals surface area contributed by atoms with Crippen LogP contribution in [0.2, 0.25) is 0 Å². The van der Waals surface area contributed by atoms with Crippen LogP contribution in [-0.2, 0) is 0 Å². The van der Waals surface area contributed by atoms with Crippen molar-refractivity contribution in [3.8, 4) is 0 Å². The van der Waals surface area contributed by atoms with Crippen LogP contribution in [0, 0.1) is 0 Å². The summed E-state index contributed by atoms with van der Waals surface area (Å²) in [6.07, 6.45) is 4.80. The van der Waals surface area contributed by atoms with Crippen molar-refractivity contribution in [3.05, 3.63) is 36.7 Å². The number of nitrogens with two attached hydrogens (primary N) is 1. The molecule has 56 valence electrons. The molecular formula is C8H14N2. The maximum absolute atomic E-state index is 5.49. The van der Waals surface area contributed by atoms with Crippen molar-refractivity contribution in [2.45, 2.75) is 6.92 Å². The monoisotopic (exact) mass is 138 g/mol. The van der Waals surface area contributed by atoms with Crippen molar-refractivity contribution >= 4 is 6.21 Å². The van der Waals surface area contributed by atoms with E-state index in [1.165, 1.54) is 0 Å². The average Bonchev–Trinajstić information content (AvgIpc) is 1.99. The van der Waals surface area contributed by atoms with E-state index in [0.29, 0.717) is 11.4 Å². The van der Waals surface area contributed by atoms with Gasteiger partial charge in [-0.15, -0.1) is 0 Å². The minimum absolute atomic E-state index is 0. The van der Waals surface area contributed by atoms with Crippen molar-refractivity contribution in [1.82, 2.24) is 0 Å². The summed E-state index contributed by atoms with van der Waals surface area (Å²) in [6, 6.07) is 0. The molecule has 0 bridgehead atoms. The molecule has 0 aromatic rings. The molecule has 2 nitrogen and oxygen atoms in total. The minimum atomic E-state index is 0. The molecule has 0 rings (SSSR count). The van der Waals surface area contributed by atoms with Crippen LogP contribution in [0.4, 0.5) is 0 Å². The largest absolute Gasteiger partial charge is 0.397 e. The lowest BCUT2D eigenvalue weighted by molar-refractivity contribution is 1.28. The molecule has 0 atom stereocenters. The second-order valence-corrected chi connectivity index (χ2v) is 1.64. The van der Waals surface area contributed by atoms with Crippen molar-refractivity contribution in [1.29, 1.82) is 0 Å². The van der Waals surface area contributed by atoms with Crippen LogP contribution in [0.1, 0.15) is 8.35 Å². The summed E-state index contributed by atoms with van der Waals surface area (Å²) in [4.78, 5) is 3.95. The first kappa shape index (κ1) is 8.69. The van der Waals surface area contributed by atoms with Crippen LogP contribution < -0.4 is 5.73 Å². The normalized spacial score (nSPS) is 12.9. The van der Waals surface area contributed by atoms with Gasteiger partial charge in [0.1, 0.15) is 0 Å². The van der Waals surface area contributed by atoms with Gasteiger partial charge in [-0.3, -0.25) is 4.99 Å². The SMILES string of the molecule is C=C/C(N)=C(\C=C)N=CC.[HH]. The fourth-order valence-corrected chi connectivity index (χ4v) is 0.489. The van der Waals surface area contributed by atoms with Gasteiger partial charge in [0.05, 0.1) is 11.4 Å². The highest BCUT2D eigenvalue weighted by atomic mass is 14.8. The minimum Gasteiger partial charge on any atom is -0.397 e. The molecule has 0 radical (unpaired) electrons. The van der Waals surface area contributed by atoms with Gasteiger partial charge in [-0.25, -0.2) is 0 Å². The molecular weight excluding hydrogens is 124 g/mol. The number of nitrogens with zero attached hydrogens (tertiary/aromatic N) is 1. The highest BCUT2D eigenvalue weighted by molar-refractivity contribution is 5.56. The maximum Gasteiger partial charge on any atom is 0.0848 e. The molecule has 0 unspecified atom stereocenters. The first-order chi connectivity index (χ1) is 4.76. The topological polar surface area (TPSA) is 38.4 Å². The Balaban J connectivity index is 0. The van der Waals surface area contributed by atoms with Gasteiger partial charge in [-0.1, -0.05) is 13.2 Å². The highest BCUT2D eigenvalue weighted by Crippen LogP contribution is 2.01. The van der Waals surface area contributed by atoms with Crippen LogP contribution in [0.25, 0.3) is 0 Å². The summed E-state index contributed by atoms with van der Waals surface area (Å²) >= 11 is 0. The van der Waals surface area contributed by atoms with E-state index in [0.717, 1.165) is 0 Å².